The molecule has 3 aromatic rings. The Hall–Kier alpha value is -2.06. The first-order chi connectivity index (χ1) is 9.99. The molecule has 0 fully saturated rings. The van der Waals surface area contributed by atoms with Gasteiger partial charge in [0, 0.05) is 18.0 Å². The van der Waals surface area contributed by atoms with Crippen molar-refractivity contribution in [1.82, 2.24) is 4.57 Å². The molecule has 0 amide bonds. The van der Waals surface area contributed by atoms with Crippen LogP contribution in [-0.2, 0) is 7.05 Å². The van der Waals surface area contributed by atoms with Crippen LogP contribution in [0.15, 0.2) is 42.5 Å². The minimum absolute atomic E-state index is 0.596. The Morgan fingerprint density at radius 2 is 1.57 bits per heavy atom. The summed E-state index contributed by atoms with van der Waals surface area (Å²) in [6.45, 7) is 6.22. The summed E-state index contributed by atoms with van der Waals surface area (Å²) in [6, 6.07) is 14.5. The molecule has 1 aromatic heterocycles. The third-order valence-electron chi connectivity index (χ3n) is 4.23. The molecule has 21 heavy (non-hydrogen) atoms. The minimum Gasteiger partial charge on any atom is -0.382 e. The van der Waals surface area contributed by atoms with Gasteiger partial charge in [-0.25, -0.2) is 0 Å². The monoisotopic (exact) mass is 279 g/mol. The average molecular weight is 279 g/mol. The predicted molar refractivity (Wildman–Crippen MR) is 87.6 cm³/mol. The highest BCUT2D eigenvalue weighted by molar-refractivity contribution is 5.85. The normalized spacial score (nSPS) is 12.8. The molecule has 108 valence electrons. The first-order valence-electron chi connectivity index (χ1n) is 7.29. The van der Waals surface area contributed by atoms with E-state index < -0.39 is 6.10 Å². The number of fused-ring (bicyclic) bond motifs is 1. The second-order valence-electron chi connectivity index (χ2n) is 5.91. The van der Waals surface area contributed by atoms with E-state index in [2.05, 4.69) is 55.7 Å². The molecular formula is C19H21NO. The zero-order chi connectivity index (χ0) is 15.1. The van der Waals surface area contributed by atoms with Crippen LogP contribution < -0.4 is 0 Å². The second kappa shape index (κ2) is 5.05. The lowest BCUT2D eigenvalue weighted by Gasteiger charge is -2.16. The summed E-state index contributed by atoms with van der Waals surface area (Å²) in [5.74, 6) is 0. The Morgan fingerprint density at radius 1 is 0.952 bits per heavy atom. The van der Waals surface area contributed by atoms with E-state index in [-0.39, 0.29) is 0 Å². The van der Waals surface area contributed by atoms with Crippen LogP contribution in [0.4, 0.5) is 0 Å². The van der Waals surface area contributed by atoms with Crippen molar-refractivity contribution in [2.45, 2.75) is 26.9 Å². The molecular weight excluding hydrogens is 258 g/mol. The molecule has 0 bridgehead atoms. The van der Waals surface area contributed by atoms with E-state index in [1.807, 2.05) is 19.2 Å². The largest absolute Gasteiger partial charge is 0.382 e. The topological polar surface area (TPSA) is 25.2 Å². The van der Waals surface area contributed by atoms with Gasteiger partial charge in [0.2, 0.25) is 0 Å². The number of benzene rings is 2. The smallest absolute Gasteiger partial charge is 0.119 e. The number of aliphatic hydroxyl groups excluding tert-OH is 1. The summed E-state index contributed by atoms with van der Waals surface area (Å²) in [5.41, 5.74) is 6.61. The van der Waals surface area contributed by atoms with Crippen LogP contribution >= 0.6 is 0 Å². The predicted octanol–water partition coefficient (Wildman–Crippen LogP) is 4.19. The molecule has 0 radical (unpaired) electrons. The summed E-state index contributed by atoms with van der Waals surface area (Å²) in [7, 11) is 2.02. The first-order valence-corrected chi connectivity index (χ1v) is 7.29. The molecule has 2 nitrogen and oxygen atoms in total. The highest BCUT2D eigenvalue weighted by Crippen LogP contribution is 2.32. The number of nitrogens with zero attached hydrogens (tertiary/aromatic N) is 1. The Kier molecular flexibility index (Phi) is 3.34. The third kappa shape index (κ3) is 2.26. The van der Waals surface area contributed by atoms with Crippen molar-refractivity contribution in [3.8, 4) is 0 Å². The van der Waals surface area contributed by atoms with Gasteiger partial charge in [-0.3, -0.25) is 0 Å². The van der Waals surface area contributed by atoms with Gasteiger partial charge in [-0.2, -0.15) is 0 Å². The van der Waals surface area contributed by atoms with E-state index >= 15 is 0 Å². The summed E-state index contributed by atoms with van der Waals surface area (Å²) >= 11 is 0. The maximum atomic E-state index is 10.9. The van der Waals surface area contributed by atoms with E-state index in [1.165, 1.54) is 16.5 Å². The van der Waals surface area contributed by atoms with Crippen LogP contribution in [0.25, 0.3) is 10.9 Å². The highest BCUT2D eigenvalue weighted by atomic mass is 16.3. The Bertz CT molecular complexity index is 755. The van der Waals surface area contributed by atoms with Gasteiger partial charge in [-0.15, -0.1) is 0 Å². The van der Waals surface area contributed by atoms with Gasteiger partial charge >= 0.3 is 0 Å². The lowest BCUT2D eigenvalue weighted by Crippen LogP contribution is -2.07. The molecule has 2 heteroatoms. The first kappa shape index (κ1) is 13.9. The van der Waals surface area contributed by atoms with E-state index in [0.29, 0.717) is 0 Å². The van der Waals surface area contributed by atoms with Crippen molar-refractivity contribution in [2.24, 2.45) is 7.05 Å². The molecule has 0 spiro atoms. The fourth-order valence-electron chi connectivity index (χ4n) is 3.32. The van der Waals surface area contributed by atoms with Gasteiger partial charge in [0.05, 0.1) is 5.69 Å². The van der Waals surface area contributed by atoms with Gasteiger partial charge in [-0.05, 0) is 38.0 Å². The second-order valence-corrected chi connectivity index (χ2v) is 5.91. The molecule has 1 N–H and O–H groups in total. The fourth-order valence-corrected chi connectivity index (χ4v) is 3.32. The van der Waals surface area contributed by atoms with Gasteiger partial charge in [0.15, 0.2) is 0 Å². The van der Waals surface area contributed by atoms with Gasteiger partial charge < -0.3 is 9.67 Å². The van der Waals surface area contributed by atoms with Crippen molar-refractivity contribution in [2.75, 3.05) is 0 Å². The number of hydrogen-bond donors (Lipinski definition) is 1. The molecule has 2 aromatic carbocycles. The molecule has 1 atom stereocenters. The zero-order valence-corrected chi connectivity index (χ0v) is 13.0. The molecule has 3 rings (SSSR count). The molecule has 0 saturated carbocycles. The molecule has 1 heterocycles. The van der Waals surface area contributed by atoms with Crippen molar-refractivity contribution < 1.29 is 5.11 Å². The number of aryl methyl sites for hydroxylation is 4. The van der Waals surface area contributed by atoms with Crippen molar-refractivity contribution in [1.29, 1.82) is 0 Å². The average Bonchev–Trinajstić information content (AvgIpc) is 2.70. The van der Waals surface area contributed by atoms with Crippen molar-refractivity contribution in [3.05, 3.63) is 70.4 Å². The Labute approximate surface area is 125 Å². The third-order valence-corrected chi connectivity index (χ3v) is 4.23. The number of aromatic nitrogens is 1. The molecule has 0 aliphatic heterocycles. The van der Waals surface area contributed by atoms with E-state index in [9.17, 15) is 5.11 Å². The SMILES string of the molecule is Cc1cc(C)cc(C(O)c2c(C)c3ccccc3n2C)c1. The fraction of sp³-hybridized carbons (Fsp3) is 0.263. The lowest BCUT2D eigenvalue weighted by molar-refractivity contribution is 0.211. The number of rotatable bonds is 2. The number of para-hydroxylation sites is 1. The van der Waals surface area contributed by atoms with E-state index in [4.69, 9.17) is 0 Å². The number of hydrogen-bond acceptors (Lipinski definition) is 1. The standard InChI is InChI=1S/C19H21NO/c1-12-9-13(2)11-15(10-12)19(21)18-14(3)16-7-5-6-8-17(16)20(18)4/h5-11,19,21H,1-4H3. The zero-order valence-electron chi connectivity index (χ0n) is 13.0. The van der Waals surface area contributed by atoms with Crippen LogP contribution in [0.2, 0.25) is 0 Å². The maximum Gasteiger partial charge on any atom is 0.119 e. The summed E-state index contributed by atoms with van der Waals surface area (Å²) in [6.07, 6.45) is -0.596. The van der Waals surface area contributed by atoms with E-state index in [1.54, 1.807) is 0 Å². The maximum absolute atomic E-state index is 10.9. The molecule has 0 aliphatic carbocycles. The van der Waals surface area contributed by atoms with Gasteiger partial charge in [0.1, 0.15) is 6.10 Å². The van der Waals surface area contributed by atoms with Crippen LogP contribution in [0.3, 0.4) is 0 Å². The summed E-state index contributed by atoms with van der Waals surface area (Å²) in [5, 5.41) is 12.1. The van der Waals surface area contributed by atoms with Crippen LogP contribution in [0.5, 0.6) is 0 Å². The van der Waals surface area contributed by atoms with Crippen molar-refractivity contribution in [3.63, 3.8) is 0 Å². The quantitative estimate of drug-likeness (QED) is 0.747. The minimum atomic E-state index is -0.596. The van der Waals surface area contributed by atoms with Crippen LogP contribution in [0, 0.1) is 20.8 Å². The van der Waals surface area contributed by atoms with Crippen LogP contribution in [0.1, 0.15) is 34.1 Å². The van der Waals surface area contributed by atoms with Gasteiger partial charge in [-0.1, -0.05) is 47.5 Å². The number of aliphatic hydroxyl groups is 1. The van der Waals surface area contributed by atoms with Gasteiger partial charge in [0.25, 0.3) is 0 Å². The lowest BCUT2D eigenvalue weighted by atomic mass is 9.99. The van der Waals surface area contributed by atoms with E-state index in [0.717, 1.165) is 22.3 Å². The van der Waals surface area contributed by atoms with Crippen molar-refractivity contribution >= 4 is 10.9 Å². The van der Waals surface area contributed by atoms with Crippen LogP contribution in [-0.4, -0.2) is 9.67 Å². The highest BCUT2D eigenvalue weighted by Gasteiger charge is 2.20. The summed E-state index contributed by atoms with van der Waals surface area (Å²) < 4.78 is 2.10. The molecule has 1 unspecified atom stereocenters. The molecule has 0 saturated heterocycles. The summed E-state index contributed by atoms with van der Waals surface area (Å²) in [4.78, 5) is 0. The Balaban J connectivity index is 2.20. The molecule has 0 aliphatic rings. The Morgan fingerprint density at radius 3 is 2.19 bits per heavy atom.